The van der Waals surface area contributed by atoms with Crippen LogP contribution >= 0.6 is 0 Å². The molecule has 0 radical (unpaired) electrons. The minimum atomic E-state index is -1.44. The van der Waals surface area contributed by atoms with Crippen molar-refractivity contribution in [1.29, 1.82) is 0 Å². The van der Waals surface area contributed by atoms with E-state index in [9.17, 15) is 10.0 Å². The third-order valence-electron chi connectivity index (χ3n) is 2.84. The van der Waals surface area contributed by atoms with Gasteiger partial charge in [0.25, 0.3) is 0 Å². The lowest BCUT2D eigenvalue weighted by atomic mass is 9.77. The molecule has 3 nitrogen and oxygen atoms in total. The quantitative estimate of drug-likeness (QED) is 0.600. The maximum Gasteiger partial charge on any atom is 0.489 e. The molecule has 0 spiro atoms. The summed E-state index contributed by atoms with van der Waals surface area (Å²) in [4.78, 5) is 3.25. The van der Waals surface area contributed by atoms with E-state index < -0.39 is 7.12 Å². The lowest BCUT2D eigenvalue weighted by molar-refractivity contribution is 0.426. The van der Waals surface area contributed by atoms with Gasteiger partial charge in [0.15, 0.2) is 0 Å². The minimum Gasteiger partial charge on any atom is -0.423 e. The van der Waals surface area contributed by atoms with Crippen LogP contribution in [0.3, 0.4) is 0 Å². The van der Waals surface area contributed by atoms with Crippen molar-refractivity contribution in [3.63, 3.8) is 0 Å². The van der Waals surface area contributed by atoms with Crippen molar-refractivity contribution in [2.45, 2.75) is 34.1 Å². The first-order valence-electron chi connectivity index (χ1n) is 7.54. The summed E-state index contributed by atoms with van der Waals surface area (Å²) in [6, 6.07) is 13.3. The van der Waals surface area contributed by atoms with E-state index in [-0.39, 0.29) is 0 Å². The first-order chi connectivity index (χ1) is 10.2. The highest BCUT2D eigenvalue weighted by Gasteiger charge is 2.17. The van der Waals surface area contributed by atoms with Crippen molar-refractivity contribution in [1.82, 2.24) is 4.98 Å². The van der Waals surface area contributed by atoms with E-state index in [2.05, 4.69) is 18.8 Å². The van der Waals surface area contributed by atoms with Crippen molar-refractivity contribution in [2.75, 3.05) is 0 Å². The van der Waals surface area contributed by atoms with Crippen molar-refractivity contribution in [2.24, 2.45) is 0 Å². The molecule has 0 amide bonds. The highest BCUT2D eigenvalue weighted by Crippen LogP contribution is 2.23. The molecule has 0 saturated heterocycles. The number of aromatic nitrogens is 1. The SMILES string of the molecule is CC.CCC.OB(O)c1cccc2[nH]c3ccccc3c12. The number of hydrogen-bond donors (Lipinski definition) is 3. The van der Waals surface area contributed by atoms with Gasteiger partial charge in [-0.05, 0) is 17.6 Å². The van der Waals surface area contributed by atoms with Crippen LogP contribution in [-0.2, 0) is 0 Å². The normalized spacial score (nSPS) is 9.62. The number of rotatable bonds is 1. The largest absolute Gasteiger partial charge is 0.489 e. The molecule has 3 aromatic rings. The Morgan fingerprint density at radius 3 is 2.10 bits per heavy atom. The highest BCUT2D eigenvalue weighted by molar-refractivity contribution is 6.62. The first-order valence-corrected chi connectivity index (χ1v) is 7.54. The van der Waals surface area contributed by atoms with Gasteiger partial charge in [-0.25, -0.2) is 0 Å². The van der Waals surface area contributed by atoms with Crippen LogP contribution in [0.5, 0.6) is 0 Å². The fraction of sp³-hybridized carbons (Fsp3) is 0.294. The van der Waals surface area contributed by atoms with Crippen LogP contribution in [-0.4, -0.2) is 22.2 Å². The summed E-state index contributed by atoms with van der Waals surface area (Å²) in [5.41, 5.74) is 2.47. The molecular weight excluding hydrogens is 261 g/mol. The number of nitrogens with one attached hydrogen (secondary N) is 1. The summed E-state index contributed by atoms with van der Waals surface area (Å²) in [5, 5.41) is 20.6. The molecule has 3 N–H and O–H groups in total. The van der Waals surface area contributed by atoms with Gasteiger partial charge in [0, 0.05) is 21.8 Å². The lowest BCUT2D eigenvalue weighted by Gasteiger charge is -2.01. The van der Waals surface area contributed by atoms with Gasteiger partial charge in [0.2, 0.25) is 0 Å². The lowest BCUT2D eigenvalue weighted by Crippen LogP contribution is -2.30. The third kappa shape index (κ3) is 3.87. The van der Waals surface area contributed by atoms with Gasteiger partial charge < -0.3 is 15.0 Å². The number of benzene rings is 2. The average molecular weight is 285 g/mol. The van der Waals surface area contributed by atoms with Crippen molar-refractivity contribution >= 4 is 34.4 Å². The van der Waals surface area contributed by atoms with E-state index >= 15 is 0 Å². The van der Waals surface area contributed by atoms with E-state index in [0.29, 0.717) is 5.46 Å². The molecule has 4 heteroatoms. The Balaban J connectivity index is 0.000000395. The molecule has 112 valence electrons. The van der Waals surface area contributed by atoms with Crippen LogP contribution in [0.15, 0.2) is 42.5 Å². The average Bonchev–Trinajstić information content (AvgIpc) is 2.88. The summed E-state index contributed by atoms with van der Waals surface area (Å²) in [6.45, 7) is 8.25. The van der Waals surface area contributed by atoms with E-state index in [1.165, 1.54) is 6.42 Å². The Labute approximate surface area is 126 Å². The van der Waals surface area contributed by atoms with Crippen LogP contribution in [0, 0.1) is 0 Å². The van der Waals surface area contributed by atoms with Gasteiger partial charge in [0.05, 0.1) is 0 Å². The summed E-state index contributed by atoms with van der Waals surface area (Å²) >= 11 is 0. The second-order valence-electron chi connectivity index (χ2n) is 4.52. The molecule has 0 bridgehead atoms. The van der Waals surface area contributed by atoms with Gasteiger partial charge in [-0.3, -0.25) is 0 Å². The van der Waals surface area contributed by atoms with Crippen LogP contribution in [0.1, 0.15) is 34.1 Å². The van der Waals surface area contributed by atoms with Gasteiger partial charge in [0.1, 0.15) is 0 Å². The zero-order valence-electron chi connectivity index (χ0n) is 13.2. The maximum absolute atomic E-state index is 9.34. The van der Waals surface area contributed by atoms with Crippen LogP contribution in [0.2, 0.25) is 0 Å². The molecule has 0 fully saturated rings. The number of para-hydroxylation sites is 1. The molecule has 0 atom stereocenters. The summed E-state index contributed by atoms with van der Waals surface area (Å²) < 4.78 is 0. The van der Waals surface area contributed by atoms with E-state index in [1.54, 1.807) is 6.07 Å². The van der Waals surface area contributed by atoms with Crippen molar-refractivity contribution in [3.8, 4) is 0 Å². The number of H-pyrrole nitrogens is 1. The molecular formula is C17H24BNO2. The van der Waals surface area contributed by atoms with Gasteiger partial charge >= 0.3 is 7.12 Å². The Hall–Kier alpha value is -1.78. The standard InChI is InChI=1S/C12H10BNO2.C3H8.C2H6/c15-13(16)9-5-3-7-11-12(9)8-4-1-2-6-10(8)14-11;1-3-2;1-2/h1-7,14-16H;3H2,1-2H3;1-2H3. The van der Waals surface area contributed by atoms with Gasteiger partial charge in [-0.2, -0.15) is 0 Å². The Bertz CT molecular complexity index is 677. The fourth-order valence-corrected chi connectivity index (χ4v) is 2.15. The van der Waals surface area contributed by atoms with Crippen molar-refractivity contribution < 1.29 is 10.0 Å². The van der Waals surface area contributed by atoms with Crippen LogP contribution < -0.4 is 5.46 Å². The fourth-order valence-electron chi connectivity index (χ4n) is 2.15. The van der Waals surface area contributed by atoms with Gasteiger partial charge in [-0.1, -0.05) is 64.4 Å². The molecule has 2 aromatic carbocycles. The Morgan fingerprint density at radius 2 is 1.48 bits per heavy atom. The third-order valence-corrected chi connectivity index (χ3v) is 2.84. The Morgan fingerprint density at radius 1 is 0.905 bits per heavy atom. The predicted octanol–water partition coefficient (Wildman–Crippen LogP) is 3.44. The zero-order chi connectivity index (χ0) is 15.8. The Kier molecular flexibility index (Phi) is 6.99. The number of fused-ring (bicyclic) bond motifs is 3. The van der Waals surface area contributed by atoms with Gasteiger partial charge in [-0.15, -0.1) is 0 Å². The number of aromatic amines is 1. The molecule has 0 aliphatic carbocycles. The highest BCUT2D eigenvalue weighted by atomic mass is 16.4. The second kappa shape index (κ2) is 8.50. The molecule has 0 aliphatic rings. The maximum atomic E-state index is 9.34. The summed E-state index contributed by atoms with van der Waals surface area (Å²) in [6.07, 6.45) is 1.25. The van der Waals surface area contributed by atoms with Crippen LogP contribution in [0.25, 0.3) is 21.8 Å². The van der Waals surface area contributed by atoms with Crippen molar-refractivity contribution in [3.05, 3.63) is 42.5 Å². The topological polar surface area (TPSA) is 56.2 Å². The molecule has 3 rings (SSSR count). The molecule has 21 heavy (non-hydrogen) atoms. The summed E-state index contributed by atoms with van der Waals surface area (Å²) in [7, 11) is -1.44. The zero-order valence-corrected chi connectivity index (χ0v) is 13.2. The minimum absolute atomic E-state index is 0.537. The van der Waals surface area contributed by atoms with E-state index in [0.717, 1.165) is 21.8 Å². The molecule has 0 unspecified atom stereocenters. The van der Waals surface area contributed by atoms with E-state index in [4.69, 9.17) is 0 Å². The van der Waals surface area contributed by atoms with Crippen LogP contribution in [0.4, 0.5) is 0 Å². The smallest absolute Gasteiger partial charge is 0.423 e. The monoisotopic (exact) mass is 285 g/mol. The predicted molar refractivity (Wildman–Crippen MR) is 92.9 cm³/mol. The summed E-state index contributed by atoms with van der Waals surface area (Å²) in [5.74, 6) is 0. The molecule has 0 aliphatic heterocycles. The number of hydrogen-bond acceptors (Lipinski definition) is 2. The molecule has 0 saturated carbocycles. The van der Waals surface area contributed by atoms with E-state index in [1.807, 2.05) is 50.2 Å². The molecule has 1 aromatic heterocycles. The first kappa shape index (κ1) is 17.3. The molecule has 1 heterocycles. The second-order valence-corrected chi connectivity index (χ2v) is 4.52.